The van der Waals surface area contributed by atoms with Gasteiger partial charge in [-0.2, -0.15) is 0 Å². The number of ether oxygens (including phenoxy) is 1. The van der Waals surface area contributed by atoms with Crippen molar-refractivity contribution in [2.75, 3.05) is 6.56 Å². The van der Waals surface area contributed by atoms with Crippen molar-refractivity contribution in [1.29, 1.82) is 0 Å². The zero-order chi connectivity index (χ0) is 19.4. The number of phosphoric acid groups is 1. The number of phosphoric ester groups is 1. The van der Waals surface area contributed by atoms with Crippen LogP contribution in [0.3, 0.4) is 0 Å². The van der Waals surface area contributed by atoms with Gasteiger partial charge in [0.1, 0.15) is 23.4 Å². The van der Waals surface area contributed by atoms with Crippen LogP contribution in [0.25, 0.3) is 0 Å². The minimum atomic E-state index is -5.52. The first-order valence-electron chi connectivity index (χ1n) is 7.01. The standard InChI is InChI=1S/C10H14FN2O8PS/c1-4-2-13(9(16)12-7(4)23)8-5(14)6(15)10(11,21-8)3-20-22(17,18)19/h2,5-6,8,14-15H,3H2,1H3,(H,12,16,23)(H2,17,18,19)/t5-,6+,8-,10-/m1/s1/i3D2. The monoisotopic (exact) mass is 374 g/mol. The molecule has 2 heterocycles. The first-order valence-corrected chi connectivity index (χ1v) is 7.95. The van der Waals surface area contributed by atoms with Crippen LogP contribution in [0.4, 0.5) is 4.39 Å². The quantitative estimate of drug-likeness (QED) is 0.338. The molecule has 13 heteroatoms. The number of nitrogens with one attached hydrogen (secondary N) is 1. The number of aliphatic hydroxyl groups is 2. The third kappa shape index (κ3) is 3.75. The summed E-state index contributed by atoms with van der Waals surface area (Å²) in [5, 5.41) is 19.8. The van der Waals surface area contributed by atoms with Gasteiger partial charge in [0.25, 0.3) is 5.85 Å². The number of aromatic amines is 1. The normalized spacial score (nSPS) is 33.4. The van der Waals surface area contributed by atoms with Crippen molar-refractivity contribution >= 4 is 20.0 Å². The van der Waals surface area contributed by atoms with E-state index >= 15 is 0 Å². The van der Waals surface area contributed by atoms with Gasteiger partial charge in [-0.25, -0.2) is 13.8 Å². The maximum absolute atomic E-state index is 14.9. The molecular formula is C10H14FN2O8PS. The Morgan fingerprint density at radius 3 is 2.83 bits per heavy atom. The highest BCUT2D eigenvalue weighted by atomic mass is 32.1. The molecule has 1 aromatic heterocycles. The van der Waals surface area contributed by atoms with E-state index in [1.807, 2.05) is 0 Å². The van der Waals surface area contributed by atoms with Gasteiger partial charge in [-0.1, -0.05) is 12.2 Å². The Bertz CT molecular complexity index is 843. The second-order valence-corrected chi connectivity index (χ2v) is 6.32. The Labute approximate surface area is 136 Å². The Hall–Kier alpha value is -0.980. The molecule has 130 valence electrons. The molecule has 0 bridgehead atoms. The predicted molar refractivity (Wildman–Crippen MR) is 74.6 cm³/mol. The lowest BCUT2D eigenvalue weighted by atomic mass is 10.1. The molecule has 1 aromatic rings. The number of aromatic nitrogens is 2. The molecule has 4 atom stereocenters. The van der Waals surface area contributed by atoms with Gasteiger partial charge in [0.05, 0.1) is 2.74 Å². The van der Waals surface area contributed by atoms with Gasteiger partial charge < -0.3 is 24.7 Å². The number of halogens is 1. The lowest BCUT2D eigenvalue weighted by Gasteiger charge is -2.22. The summed E-state index contributed by atoms with van der Waals surface area (Å²) >= 11 is 4.83. The number of hydrogen-bond donors (Lipinski definition) is 5. The van der Waals surface area contributed by atoms with Gasteiger partial charge in [-0.3, -0.25) is 14.1 Å². The Balaban J connectivity index is 2.48. The van der Waals surface area contributed by atoms with Crippen molar-refractivity contribution in [2.45, 2.75) is 31.2 Å². The highest BCUT2D eigenvalue weighted by Crippen LogP contribution is 2.43. The van der Waals surface area contributed by atoms with E-state index in [2.05, 4.69) is 14.2 Å². The fraction of sp³-hybridized carbons (Fsp3) is 0.600. The van der Waals surface area contributed by atoms with Gasteiger partial charge in [0, 0.05) is 11.8 Å². The van der Waals surface area contributed by atoms with Crippen LogP contribution in [0.15, 0.2) is 11.0 Å². The van der Waals surface area contributed by atoms with E-state index in [0.717, 1.165) is 6.20 Å². The first kappa shape index (κ1) is 15.5. The summed E-state index contributed by atoms with van der Waals surface area (Å²) in [5.74, 6) is -3.89. The Kier molecular flexibility index (Phi) is 4.15. The highest BCUT2D eigenvalue weighted by Gasteiger charge is 2.57. The highest BCUT2D eigenvalue weighted by molar-refractivity contribution is 7.71. The number of H-pyrrole nitrogens is 1. The van der Waals surface area contributed by atoms with Crippen LogP contribution in [-0.2, 0) is 13.8 Å². The zero-order valence-electron chi connectivity index (χ0n) is 13.4. The minimum absolute atomic E-state index is 0.0564. The van der Waals surface area contributed by atoms with Crippen molar-refractivity contribution in [2.24, 2.45) is 0 Å². The molecule has 0 aromatic carbocycles. The maximum atomic E-state index is 14.9. The average Bonchev–Trinajstić information content (AvgIpc) is 2.66. The van der Waals surface area contributed by atoms with Crippen LogP contribution in [-0.4, -0.2) is 54.2 Å². The molecule has 10 nitrogen and oxygen atoms in total. The third-order valence-corrected chi connectivity index (χ3v) is 3.77. The fourth-order valence-corrected chi connectivity index (χ4v) is 2.28. The Morgan fingerprint density at radius 2 is 2.26 bits per heavy atom. The van der Waals surface area contributed by atoms with Crippen LogP contribution >= 0.6 is 20.0 Å². The summed E-state index contributed by atoms with van der Waals surface area (Å²) in [6.07, 6.45) is -5.64. The summed E-state index contributed by atoms with van der Waals surface area (Å²) in [7, 11) is -5.52. The van der Waals surface area contributed by atoms with E-state index < -0.39 is 44.4 Å². The molecule has 0 unspecified atom stereocenters. The molecule has 1 saturated heterocycles. The molecule has 0 radical (unpaired) electrons. The first-order chi connectivity index (χ1) is 11.2. The molecule has 5 N–H and O–H groups in total. The summed E-state index contributed by atoms with van der Waals surface area (Å²) in [5.41, 5.74) is -0.627. The third-order valence-electron chi connectivity index (χ3n) is 3.01. The van der Waals surface area contributed by atoms with Gasteiger partial charge in [0.2, 0.25) is 0 Å². The molecule has 0 aliphatic carbocycles. The molecule has 1 aliphatic rings. The van der Waals surface area contributed by atoms with E-state index in [4.69, 9.17) is 24.7 Å². The number of nitrogens with zero attached hydrogens (tertiary/aromatic N) is 1. The van der Waals surface area contributed by atoms with E-state index in [-0.39, 0.29) is 4.64 Å². The smallest absolute Gasteiger partial charge is 0.385 e. The number of aliphatic hydroxyl groups excluding tert-OH is 2. The lowest BCUT2D eigenvalue weighted by molar-refractivity contribution is -0.205. The maximum Gasteiger partial charge on any atom is 0.469 e. The van der Waals surface area contributed by atoms with E-state index in [1.165, 1.54) is 6.92 Å². The number of aryl methyl sites for hydroxylation is 1. The molecule has 1 fully saturated rings. The largest absolute Gasteiger partial charge is 0.469 e. The lowest BCUT2D eigenvalue weighted by Crippen LogP contribution is -2.42. The number of alkyl halides is 1. The van der Waals surface area contributed by atoms with Crippen LogP contribution in [0, 0.1) is 11.6 Å². The van der Waals surface area contributed by atoms with Crippen molar-refractivity contribution < 1.29 is 41.0 Å². The summed E-state index contributed by atoms with van der Waals surface area (Å²) in [6, 6.07) is 0. The van der Waals surface area contributed by atoms with E-state index in [1.54, 1.807) is 0 Å². The van der Waals surface area contributed by atoms with E-state index in [0.29, 0.717) is 10.1 Å². The van der Waals surface area contributed by atoms with Gasteiger partial charge in [-0.15, -0.1) is 0 Å². The Morgan fingerprint density at radius 1 is 1.65 bits per heavy atom. The zero-order valence-corrected chi connectivity index (χ0v) is 13.1. The molecule has 1 aliphatic heterocycles. The van der Waals surface area contributed by atoms with Crippen molar-refractivity contribution in [3.05, 3.63) is 26.9 Å². The van der Waals surface area contributed by atoms with Crippen molar-refractivity contribution in [3.63, 3.8) is 0 Å². The minimum Gasteiger partial charge on any atom is -0.385 e. The summed E-state index contributed by atoms with van der Waals surface area (Å²) in [6.45, 7) is -2.38. The van der Waals surface area contributed by atoms with Crippen LogP contribution in [0.5, 0.6) is 0 Å². The van der Waals surface area contributed by atoms with Crippen molar-refractivity contribution in [1.82, 2.24) is 9.55 Å². The fourth-order valence-electron chi connectivity index (χ4n) is 1.89. The van der Waals surface area contributed by atoms with Crippen LogP contribution in [0.2, 0.25) is 0 Å². The predicted octanol–water partition coefficient (Wildman–Crippen LogP) is -0.760. The molecule has 23 heavy (non-hydrogen) atoms. The summed E-state index contributed by atoms with van der Waals surface area (Å²) < 4.78 is 49.4. The number of hydrogen-bond acceptors (Lipinski definition) is 7. The molecule has 0 saturated carbocycles. The van der Waals surface area contributed by atoms with Crippen LogP contribution in [0.1, 0.15) is 14.5 Å². The molecule has 0 amide bonds. The van der Waals surface area contributed by atoms with Crippen LogP contribution < -0.4 is 5.69 Å². The van der Waals surface area contributed by atoms with Gasteiger partial charge in [0.15, 0.2) is 6.23 Å². The molecule has 2 rings (SSSR count). The second-order valence-electron chi connectivity index (χ2n) is 4.75. The molecular weight excluding hydrogens is 358 g/mol. The van der Waals surface area contributed by atoms with Gasteiger partial charge in [-0.05, 0) is 6.92 Å². The number of rotatable bonds is 4. The van der Waals surface area contributed by atoms with Gasteiger partial charge >= 0.3 is 13.5 Å². The summed E-state index contributed by atoms with van der Waals surface area (Å²) in [4.78, 5) is 31.5. The van der Waals surface area contributed by atoms with Crippen molar-refractivity contribution in [3.8, 4) is 0 Å². The average molecular weight is 374 g/mol. The second kappa shape index (κ2) is 6.15. The SMILES string of the molecule is [2H]C([2H])(OP(=O)(O)O)[C@@]1(F)O[C@@H](n2cc(C)c(=S)[nH]c2=O)[C@H](O)[C@@H]1O. The topological polar surface area (TPSA) is 154 Å². The van der Waals surface area contributed by atoms with E-state index in [9.17, 15) is 24.0 Å². The molecule has 0 spiro atoms.